The maximum atomic E-state index is 9.45. The molecule has 1 nitrogen and oxygen atoms in total. The van der Waals surface area contributed by atoms with E-state index in [1.54, 1.807) is 0 Å². The lowest BCUT2D eigenvalue weighted by atomic mass is 10.0. The summed E-state index contributed by atoms with van der Waals surface area (Å²) in [5, 5.41) is 9.45. The predicted molar refractivity (Wildman–Crippen MR) is 65.7 cm³/mol. The molecule has 16 heavy (non-hydrogen) atoms. The first-order valence-electron chi connectivity index (χ1n) is 5.11. The summed E-state index contributed by atoms with van der Waals surface area (Å²) in [6.07, 6.45) is 4.34. The highest BCUT2D eigenvalue weighted by Crippen LogP contribution is 2.21. The van der Waals surface area contributed by atoms with Crippen molar-refractivity contribution >= 4 is 0 Å². The van der Waals surface area contributed by atoms with Crippen molar-refractivity contribution < 1.29 is 5.11 Å². The average Bonchev–Trinajstić information content (AvgIpc) is 2.39. The SMILES string of the molecule is C#C[C@@H](O)c1ccc(-c2ccccc2)cc1. The lowest BCUT2D eigenvalue weighted by Crippen LogP contribution is -1.92. The Morgan fingerprint density at radius 2 is 1.44 bits per heavy atom. The highest BCUT2D eigenvalue weighted by Gasteiger charge is 2.03. The van der Waals surface area contributed by atoms with Crippen LogP contribution in [0.2, 0.25) is 0 Å². The second-order valence-corrected chi connectivity index (χ2v) is 3.56. The van der Waals surface area contributed by atoms with Gasteiger partial charge in [-0.25, -0.2) is 0 Å². The summed E-state index contributed by atoms with van der Waals surface area (Å²) in [7, 11) is 0. The van der Waals surface area contributed by atoms with Crippen LogP contribution in [0.3, 0.4) is 0 Å². The van der Waals surface area contributed by atoms with Crippen LogP contribution in [0.1, 0.15) is 11.7 Å². The molecule has 0 bridgehead atoms. The van der Waals surface area contributed by atoms with Gasteiger partial charge >= 0.3 is 0 Å². The second-order valence-electron chi connectivity index (χ2n) is 3.56. The molecule has 0 amide bonds. The molecule has 0 radical (unpaired) electrons. The number of aliphatic hydroxyl groups is 1. The van der Waals surface area contributed by atoms with Crippen LogP contribution < -0.4 is 0 Å². The van der Waals surface area contributed by atoms with Crippen LogP contribution in [0, 0.1) is 12.3 Å². The Balaban J connectivity index is 2.31. The quantitative estimate of drug-likeness (QED) is 0.752. The van der Waals surface area contributed by atoms with Crippen LogP contribution in [0.25, 0.3) is 11.1 Å². The first kappa shape index (κ1) is 10.5. The minimum Gasteiger partial charge on any atom is -0.376 e. The van der Waals surface area contributed by atoms with Crippen LogP contribution in [-0.4, -0.2) is 5.11 Å². The number of rotatable bonds is 2. The molecule has 0 spiro atoms. The number of hydrogen-bond donors (Lipinski definition) is 1. The Labute approximate surface area is 95.4 Å². The highest BCUT2D eigenvalue weighted by molar-refractivity contribution is 5.63. The van der Waals surface area contributed by atoms with Gasteiger partial charge < -0.3 is 5.11 Å². The molecular formula is C15H12O. The molecule has 0 unspecified atom stereocenters. The number of terminal acetylenes is 1. The van der Waals surface area contributed by atoms with Crippen molar-refractivity contribution in [2.75, 3.05) is 0 Å². The Hall–Kier alpha value is -2.04. The van der Waals surface area contributed by atoms with E-state index in [9.17, 15) is 5.11 Å². The van der Waals surface area contributed by atoms with Crippen molar-refractivity contribution in [2.24, 2.45) is 0 Å². The molecule has 0 aliphatic rings. The van der Waals surface area contributed by atoms with E-state index in [0.717, 1.165) is 16.7 Å². The summed E-state index contributed by atoms with van der Waals surface area (Å²) >= 11 is 0. The van der Waals surface area contributed by atoms with Gasteiger partial charge in [0.2, 0.25) is 0 Å². The van der Waals surface area contributed by atoms with Crippen molar-refractivity contribution in [1.29, 1.82) is 0 Å². The van der Waals surface area contributed by atoms with E-state index in [-0.39, 0.29) is 0 Å². The van der Waals surface area contributed by atoms with E-state index in [4.69, 9.17) is 6.42 Å². The third-order valence-electron chi connectivity index (χ3n) is 2.49. The number of benzene rings is 2. The summed E-state index contributed by atoms with van der Waals surface area (Å²) in [5.74, 6) is 2.30. The van der Waals surface area contributed by atoms with Crippen molar-refractivity contribution in [1.82, 2.24) is 0 Å². The van der Waals surface area contributed by atoms with Gasteiger partial charge in [0.05, 0.1) is 0 Å². The van der Waals surface area contributed by atoms with Gasteiger partial charge in [-0.3, -0.25) is 0 Å². The largest absolute Gasteiger partial charge is 0.376 e. The molecule has 2 aromatic rings. The molecular weight excluding hydrogens is 196 g/mol. The Bertz CT molecular complexity index is 491. The minimum absolute atomic E-state index is 0.752. The van der Waals surface area contributed by atoms with E-state index < -0.39 is 6.10 Å². The smallest absolute Gasteiger partial charge is 0.139 e. The summed E-state index contributed by atoms with van der Waals surface area (Å²) in [4.78, 5) is 0. The van der Waals surface area contributed by atoms with Gasteiger partial charge in [-0.1, -0.05) is 60.5 Å². The van der Waals surface area contributed by atoms with Gasteiger partial charge in [0.1, 0.15) is 6.10 Å². The topological polar surface area (TPSA) is 20.2 Å². The molecule has 0 saturated heterocycles. The molecule has 1 heteroatoms. The lowest BCUT2D eigenvalue weighted by molar-refractivity contribution is 0.238. The van der Waals surface area contributed by atoms with Crippen LogP contribution >= 0.6 is 0 Å². The molecule has 0 aromatic heterocycles. The van der Waals surface area contributed by atoms with Crippen molar-refractivity contribution in [3.63, 3.8) is 0 Å². The van der Waals surface area contributed by atoms with Gasteiger partial charge in [0, 0.05) is 0 Å². The Kier molecular flexibility index (Phi) is 3.05. The van der Waals surface area contributed by atoms with E-state index in [1.165, 1.54) is 0 Å². The third-order valence-corrected chi connectivity index (χ3v) is 2.49. The fraction of sp³-hybridized carbons (Fsp3) is 0.0667. The van der Waals surface area contributed by atoms with Crippen molar-refractivity contribution in [3.8, 4) is 23.5 Å². The molecule has 2 rings (SSSR count). The summed E-state index contributed by atoms with van der Waals surface area (Å²) in [6, 6.07) is 17.7. The minimum atomic E-state index is -0.815. The van der Waals surface area contributed by atoms with Gasteiger partial charge in [0.15, 0.2) is 0 Å². The van der Waals surface area contributed by atoms with Crippen molar-refractivity contribution in [3.05, 3.63) is 60.2 Å². The fourth-order valence-corrected chi connectivity index (χ4v) is 1.58. The maximum Gasteiger partial charge on any atom is 0.139 e. The highest BCUT2D eigenvalue weighted by atomic mass is 16.3. The van der Waals surface area contributed by atoms with E-state index in [1.807, 2.05) is 54.6 Å². The van der Waals surface area contributed by atoms with Crippen molar-refractivity contribution in [2.45, 2.75) is 6.10 Å². The summed E-state index contributed by atoms with van der Waals surface area (Å²) in [5.41, 5.74) is 3.03. The Morgan fingerprint density at radius 3 is 2.00 bits per heavy atom. The molecule has 0 aliphatic carbocycles. The average molecular weight is 208 g/mol. The zero-order valence-corrected chi connectivity index (χ0v) is 8.80. The maximum absolute atomic E-state index is 9.45. The van der Waals surface area contributed by atoms with Crippen LogP contribution in [0.4, 0.5) is 0 Å². The Morgan fingerprint density at radius 1 is 0.875 bits per heavy atom. The molecule has 2 aromatic carbocycles. The molecule has 0 aliphatic heterocycles. The standard InChI is InChI=1S/C15H12O/c1-2-15(16)14-10-8-13(9-11-14)12-6-4-3-5-7-12/h1,3-11,15-16H/t15-/m1/s1. The summed E-state index contributed by atoms with van der Waals surface area (Å²) in [6.45, 7) is 0. The van der Waals surface area contributed by atoms with Gasteiger partial charge in [-0.05, 0) is 16.7 Å². The van der Waals surface area contributed by atoms with E-state index in [0.29, 0.717) is 0 Å². The molecule has 78 valence electrons. The third kappa shape index (κ3) is 2.13. The molecule has 0 heterocycles. The van der Waals surface area contributed by atoms with E-state index in [2.05, 4.69) is 5.92 Å². The monoisotopic (exact) mass is 208 g/mol. The summed E-state index contributed by atoms with van der Waals surface area (Å²) < 4.78 is 0. The molecule has 0 saturated carbocycles. The van der Waals surface area contributed by atoms with Gasteiger partial charge in [-0.15, -0.1) is 6.42 Å². The normalized spacial score (nSPS) is 11.8. The van der Waals surface area contributed by atoms with Crippen LogP contribution in [-0.2, 0) is 0 Å². The van der Waals surface area contributed by atoms with Gasteiger partial charge in [0.25, 0.3) is 0 Å². The second kappa shape index (κ2) is 4.65. The van der Waals surface area contributed by atoms with Gasteiger partial charge in [-0.2, -0.15) is 0 Å². The van der Waals surface area contributed by atoms with Crippen LogP contribution in [0.5, 0.6) is 0 Å². The lowest BCUT2D eigenvalue weighted by Gasteiger charge is -2.05. The molecule has 1 N–H and O–H groups in total. The predicted octanol–water partition coefficient (Wildman–Crippen LogP) is 3.02. The number of hydrogen-bond acceptors (Lipinski definition) is 1. The van der Waals surface area contributed by atoms with Crippen LogP contribution in [0.15, 0.2) is 54.6 Å². The molecule has 1 atom stereocenters. The number of aliphatic hydroxyl groups excluding tert-OH is 1. The zero-order valence-electron chi connectivity index (χ0n) is 8.80. The first-order valence-corrected chi connectivity index (χ1v) is 5.11. The van der Waals surface area contributed by atoms with E-state index >= 15 is 0 Å². The zero-order chi connectivity index (χ0) is 11.4. The fourth-order valence-electron chi connectivity index (χ4n) is 1.58. The first-order chi connectivity index (χ1) is 7.81. The molecule has 0 fully saturated rings.